The lowest BCUT2D eigenvalue weighted by molar-refractivity contribution is -0.110. The number of fused-ring (bicyclic) bond motifs is 1. The second kappa shape index (κ2) is 8.96. The van der Waals surface area contributed by atoms with Crippen LogP contribution in [-0.2, 0) is 30.6 Å². The molecule has 3 aliphatic rings. The number of Topliss-reactive ketones (excluding diaryl/α,β-unsaturated/α-hetero) is 1. The van der Waals surface area contributed by atoms with E-state index in [0.29, 0.717) is 66.6 Å². The summed E-state index contributed by atoms with van der Waals surface area (Å²) in [6.07, 6.45) is 3.71. The smallest absolute Gasteiger partial charge is 0.280 e. The maximum Gasteiger partial charge on any atom is 0.280 e. The molecule has 1 aromatic carbocycles. The van der Waals surface area contributed by atoms with E-state index in [1.807, 2.05) is 0 Å². The molecule has 0 unspecified atom stereocenters. The molecule has 2 heterocycles. The summed E-state index contributed by atoms with van der Waals surface area (Å²) in [7, 11) is -3.34. The summed E-state index contributed by atoms with van der Waals surface area (Å²) >= 11 is 1.16. The zero-order chi connectivity index (χ0) is 23.0. The summed E-state index contributed by atoms with van der Waals surface area (Å²) in [4.78, 5) is 36.0. The highest BCUT2D eigenvalue weighted by Crippen LogP contribution is 2.33. The van der Waals surface area contributed by atoms with Gasteiger partial charge in [-0.25, -0.2) is 13.4 Å². The highest BCUT2D eigenvalue weighted by molar-refractivity contribution is 7.92. The molecule has 0 spiro atoms. The van der Waals surface area contributed by atoms with Gasteiger partial charge < -0.3 is 9.57 Å². The molecule has 2 aliphatic carbocycles. The number of benzene rings is 1. The van der Waals surface area contributed by atoms with Gasteiger partial charge in [0.15, 0.2) is 32.6 Å². The first-order valence-corrected chi connectivity index (χ1v) is 13.3. The number of oxime groups is 1. The lowest BCUT2D eigenvalue weighted by Crippen LogP contribution is -2.25. The lowest BCUT2D eigenvalue weighted by Gasteiger charge is -2.10. The Labute approximate surface area is 195 Å². The molecule has 174 valence electrons. The number of hydrogen-bond donors (Lipinski definition) is 1. The molecular formula is C22H23N3O6S2. The third-order valence-electron chi connectivity index (χ3n) is 5.80. The standard InChI is InChI=1S/C22H23N3O6S2/c26-18-3-1-2-17-20(18)32-22(23-17)24-21(27)19(25-31-14-10-11-30-12-14)13-4-6-15(7-5-13)33(28,29)16-8-9-16/h4-7,14,16H,1-3,8-12H2,(H,23,24,27)/b25-19+/t14-/m1/s1. The van der Waals surface area contributed by atoms with Crippen molar-refractivity contribution in [1.82, 2.24) is 4.98 Å². The van der Waals surface area contributed by atoms with Crippen LogP contribution in [0.1, 0.15) is 53.0 Å². The van der Waals surface area contributed by atoms with E-state index in [2.05, 4.69) is 15.5 Å². The molecule has 0 radical (unpaired) electrons. The van der Waals surface area contributed by atoms with Crippen molar-refractivity contribution in [2.24, 2.45) is 5.16 Å². The van der Waals surface area contributed by atoms with Crippen molar-refractivity contribution in [2.45, 2.75) is 54.8 Å². The van der Waals surface area contributed by atoms with Gasteiger partial charge in [-0.15, -0.1) is 0 Å². The van der Waals surface area contributed by atoms with Crippen LogP contribution in [0.15, 0.2) is 34.3 Å². The molecule has 1 N–H and O–H groups in total. The first-order valence-electron chi connectivity index (χ1n) is 10.9. The van der Waals surface area contributed by atoms with Gasteiger partial charge in [0.1, 0.15) is 0 Å². The van der Waals surface area contributed by atoms with Gasteiger partial charge in [0.2, 0.25) is 0 Å². The van der Waals surface area contributed by atoms with Crippen LogP contribution in [0.4, 0.5) is 5.13 Å². The van der Waals surface area contributed by atoms with E-state index in [4.69, 9.17) is 9.57 Å². The maximum atomic E-state index is 13.1. The van der Waals surface area contributed by atoms with Crippen molar-refractivity contribution in [2.75, 3.05) is 18.5 Å². The average Bonchev–Trinajstić information content (AvgIpc) is 3.39. The second-order valence-electron chi connectivity index (χ2n) is 8.33. The minimum atomic E-state index is -3.34. The fourth-order valence-corrected chi connectivity index (χ4v) is 6.43. The van der Waals surface area contributed by atoms with Gasteiger partial charge in [-0.05, 0) is 37.8 Å². The molecule has 0 bridgehead atoms. The van der Waals surface area contributed by atoms with E-state index in [0.717, 1.165) is 17.8 Å². The summed E-state index contributed by atoms with van der Waals surface area (Å²) in [6, 6.07) is 6.09. The Morgan fingerprint density at radius 3 is 2.64 bits per heavy atom. The zero-order valence-electron chi connectivity index (χ0n) is 17.8. The van der Waals surface area contributed by atoms with Crippen LogP contribution in [0.3, 0.4) is 0 Å². The van der Waals surface area contributed by atoms with Crippen molar-refractivity contribution in [3.8, 4) is 0 Å². The lowest BCUT2D eigenvalue weighted by atomic mass is 10.0. The number of sulfone groups is 1. The van der Waals surface area contributed by atoms with Crippen molar-refractivity contribution in [3.05, 3.63) is 40.4 Å². The number of hydrogen-bond acceptors (Lipinski definition) is 9. The molecule has 1 saturated heterocycles. The highest BCUT2D eigenvalue weighted by Gasteiger charge is 2.37. The number of ether oxygens (including phenoxy) is 1. The van der Waals surface area contributed by atoms with Gasteiger partial charge in [0.05, 0.1) is 33.9 Å². The van der Waals surface area contributed by atoms with Gasteiger partial charge in [0.25, 0.3) is 5.91 Å². The zero-order valence-corrected chi connectivity index (χ0v) is 19.4. The van der Waals surface area contributed by atoms with E-state index in [1.54, 1.807) is 12.1 Å². The Morgan fingerprint density at radius 2 is 1.97 bits per heavy atom. The number of rotatable bonds is 7. The van der Waals surface area contributed by atoms with Crippen molar-refractivity contribution in [3.63, 3.8) is 0 Å². The molecule has 1 aliphatic heterocycles. The van der Waals surface area contributed by atoms with Crippen LogP contribution in [-0.4, -0.2) is 55.4 Å². The number of carbonyl (C=O) groups excluding carboxylic acids is 2. The van der Waals surface area contributed by atoms with E-state index in [-0.39, 0.29) is 27.7 Å². The Kier molecular flexibility index (Phi) is 6.02. The van der Waals surface area contributed by atoms with Gasteiger partial charge in [-0.3, -0.25) is 14.9 Å². The quantitative estimate of drug-likeness (QED) is 0.468. The predicted molar refractivity (Wildman–Crippen MR) is 122 cm³/mol. The molecule has 9 nitrogen and oxygen atoms in total. The fraction of sp³-hybridized carbons (Fsp3) is 0.455. The van der Waals surface area contributed by atoms with Gasteiger partial charge in [-0.2, -0.15) is 0 Å². The van der Waals surface area contributed by atoms with Crippen LogP contribution in [0.25, 0.3) is 0 Å². The molecule has 1 amide bonds. The van der Waals surface area contributed by atoms with E-state index in [9.17, 15) is 18.0 Å². The number of anilines is 1. The summed E-state index contributed by atoms with van der Waals surface area (Å²) in [5, 5.41) is 6.82. The molecule has 1 aromatic heterocycles. The molecule has 5 rings (SSSR count). The van der Waals surface area contributed by atoms with Crippen LogP contribution in [0.2, 0.25) is 0 Å². The van der Waals surface area contributed by atoms with Crippen LogP contribution < -0.4 is 5.32 Å². The number of nitrogens with zero attached hydrogens (tertiary/aromatic N) is 2. The normalized spacial score (nSPS) is 21.0. The minimum Gasteiger partial charge on any atom is -0.389 e. The van der Waals surface area contributed by atoms with Crippen LogP contribution >= 0.6 is 11.3 Å². The summed E-state index contributed by atoms with van der Waals surface area (Å²) in [6.45, 7) is 0.951. The second-order valence-corrected chi connectivity index (χ2v) is 11.6. The van der Waals surface area contributed by atoms with Crippen LogP contribution in [0, 0.1) is 0 Å². The van der Waals surface area contributed by atoms with Gasteiger partial charge >= 0.3 is 0 Å². The number of nitrogens with one attached hydrogen (secondary N) is 1. The maximum absolute atomic E-state index is 13.1. The SMILES string of the molecule is O=C(Nc1nc2c(s1)C(=O)CCC2)/C(=N/O[C@@H]1CCOC1)c1ccc(S(=O)(=O)C2CC2)cc1. The molecule has 33 heavy (non-hydrogen) atoms. The number of thiazole rings is 1. The number of aromatic nitrogens is 1. The number of aryl methyl sites for hydroxylation is 1. The fourth-order valence-electron chi connectivity index (χ4n) is 3.80. The number of amides is 1. The molecular weight excluding hydrogens is 466 g/mol. The van der Waals surface area contributed by atoms with E-state index < -0.39 is 15.7 Å². The molecule has 2 aromatic rings. The first-order chi connectivity index (χ1) is 15.9. The van der Waals surface area contributed by atoms with Gasteiger partial charge in [0, 0.05) is 18.4 Å². The monoisotopic (exact) mass is 489 g/mol. The topological polar surface area (TPSA) is 124 Å². The Morgan fingerprint density at radius 1 is 1.18 bits per heavy atom. The number of ketones is 1. The Hall–Kier alpha value is -2.63. The summed E-state index contributed by atoms with van der Waals surface area (Å²) in [5.41, 5.74) is 1.12. The molecule has 1 atom stereocenters. The third-order valence-corrected chi connectivity index (χ3v) is 9.14. The molecule has 2 fully saturated rings. The van der Waals surface area contributed by atoms with E-state index in [1.165, 1.54) is 12.1 Å². The largest absolute Gasteiger partial charge is 0.389 e. The molecule has 1 saturated carbocycles. The third kappa shape index (κ3) is 4.71. The minimum absolute atomic E-state index is 0.00299. The summed E-state index contributed by atoms with van der Waals surface area (Å²) < 4.78 is 30.3. The van der Waals surface area contributed by atoms with Crippen molar-refractivity contribution >= 4 is 43.7 Å². The predicted octanol–water partition coefficient (Wildman–Crippen LogP) is 2.75. The van der Waals surface area contributed by atoms with E-state index >= 15 is 0 Å². The van der Waals surface area contributed by atoms with Crippen LogP contribution in [0.5, 0.6) is 0 Å². The van der Waals surface area contributed by atoms with Gasteiger partial charge in [-0.1, -0.05) is 28.6 Å². The number of carbonyl (C=O) groups is 2. The average molecular weight is 490 g/mol. The van der Waals surface area contributed by atoms with Crippen molar-refractivity contribution in [1.29, 1.82) is 0 Å². The first kappa shape index (κ1) is 22.2. The Bertz CT molecular complexity index is 1210. The highest BCUT2D eigenvalue weighted by atomic mass is 32.2. The van der Waals surface area contributed by atoms with Crippen molar-refractivity contribution < 1.29 is 27.6 Å². The summed E-state index contributed by atoms with van der Waals surface area (Å²) in [5.74, 6) is -0.509. The molecule has 11 heteroatoms. The Balaban J connectivity index is 1.40.